The van der Waals surface area contributed by atoms with Gasteiger partial charge < -0.3 is 9.47 Å². The Morgan fingerprint density at radius 1 is 1.03 bits per heavy atom. The molecule has 2 aromatic rings. The lowest BCUT2D eigenvalue weighted by Crippen LogP contribution is -2.40. The molecule has 1 aliphatic heterocycles. The maximum atomic E-state index is 13.1. The molecule has 178 valence electrons. The molecule has 0 radical (unpaired) electrons. The van der Waals surface area contributed by atoms with Gasteiger partial charge in [-0.05, 0) is 71.6 Å². The number of hydrogen-bond acceptors (Lipinski definition) is 7. The average Bonchev–Trinajstić information content (AvgIpc) is 3.66. The summed E-state index contributed by atoms with van der Waals surface area (Å²) in [4.78, 5) is 36.5. The summed E-state index contributed by atoms with van der Waals surface area (Å²) < 4.78 is 11.3. The summed E-state index contributed by atoms with van der Waals surface area (Å²) in [6, 6.07) is 11.3. The fourth-order valence-corrected chi connectivity index (χ4v) is 5.94. The van der Waals surface area contributed by atoms with E-state index in [2.05, 4.69) is 17.3 Å². The van der Waals surface area contributed by atoms with E-state index in [-0.39, 0.29) is 47.8 Å². The van der Waals surface area contributed by atoms with Crippen molar-refractivity contribution in [3.05, 3.63) is 75.9 Å². The quantitative estimate of drug-likeness (QED) is 0.200. The van der Waals surface area contributed by atoms with Crippen molar-refractivity contribution < 1.29 is 24.0 Å². The molecule has 9 nitrogen and oxygen atoms in total. The maximum absolute atomic E-state index is 13.1. The first-order valence-electron chi connectivity index (χ1n) is 11.6. The zero-order chi connectivity index (χ0) is 24.3. The topological polar surface area (TPSA) is 111 Å². The zero-order valence-electron chi connectivity index (χ0n) is 18.9. The molecule has 35 heavy (non-hydrogen) atoms. The van der Waals surface area contributed by atoms with Crippen LogP contribution in [0.3, 0.4) is 0 Å². The number of carbonyl (C=O) groups is 2. The summed E-state index contributed by atoms with van der Waals surface area (Å²) in [7, 11) is 1.52. The summed E-state index contributed by atoms with van der Waals surface area (Å²) in [6.07, 6.45) is 6.89. The number of ether oxygens (including phenoxy) is 2. The summed E-state index contributed by atoms with van der Waals surface area (Å²) >= 11 is 0. The third-order valence-electron chi connectivity index (χ3n) is 7.69. The van der Waals surface area contributed by atoms with Crippen LogP contribution < -0.4 is 9.47 Å². The molecule has 6 atom stereocenters. The van der Waals surface area contributed by atoms with Crippen molar-refractivity contribution in [2.75, 3.05) is 7.11 Å². The van der Waals surface area contributed by atoms with Crippen molar-refractivity contribution in [2.45, 2.75) is 13.0 Å². The van der Waals surface area contributed by atoms with Crippen molar-refractivity contribution in [3.8, 4) is 11.5 Å². The fourth-order valence-electron chi connectivity index (χ4n) is 5.94. The molecule has 4 aliphatic carbocycles. The SMILES string of the molecule is COc1cc(/C=N\N2C(=O)[C@@H]3[C@@H]4C=C[C@H]([C@@H]5C[C@H]45)[C@H]3C2=O)ccc1OCc1ccc([N+](=O)[O-])cc1. The summed E-state index contributed by atoms with van der Waals surface area (Å²) in [6.45, 7) is 0.208. The van der Waals surface area contributed by atoms with Gasteiger partial charge in [0.2, 0.25) is 0 Å². The molecular weight excluding hydrogens is 450 g/mol. The molecule has 9 heteroatoms. The van der Waals surface area contributed by atoms with E-state index >= 15 is 0 Å². The van der Waals surface area contributed by atoms with Crippen molar-refractivity contribution >= 4 is 23.7 Å². The fraction of sp³-hybridized carbons (Fsp3) is 0.346. The minimum absolute atomic E-state index is 0.0184. The van der Waals surface area contributed by atoms with E-state index in [1.165, 1.54) is 25.5 Å². The van der Waals surface area contributed by atoms with Gasteiger partial charge in [0.15, 0.2) is 11.5 Å². The lowest BCUT2D eigenvalue weighted by atomic mass is 9.63. The number of imide groups is 1. The minimum Gasteiger partial charge on any atom is -0.493 e. The molecule has 2 amide bonds. The van der Waals surface area contributed by atoms with E-state index in [1.807, 2.05) is 0 Å². The third-order valence-corrected chi connectivity index (χ3v) is 7.69. The Hall–Kier alpha value is -4.01. The van der Waals surface area contributed by atoms with Crippen LogP contribution in [0.15, 0.2) is 59.7 Å². The molecule has 1 heterocycles. The highest BCUT2D eigenvalue weighted by Crippen LogP contribution is 2.65. The van der Waals surface area contributed by atoms with Crippen LogP contribution in [-0.4, -0.2) is 35.1 Å². The number of allylic oxidation sites excluding steroid dienone is 2. The van der Waals surface area contributed by atoms with Crippen LogP contribution in [0.25, 0.3) is 0 Å². The molecule has 3 fully saturated rings. The molecule has 2 aromatic carbocycles. The minimum atomic E-state index is -0.450. The number of benzene rings is 2. The van der Waals surface area contributed by atoms with Crippen molar-refractivity contribution in [1.82, 2.24) is 5.01 Å². The first-order chi connectivity index (χ1) is 17.0. The number of nitrogens with zero attached hydrogens (tertiary/aromatic N) is 3. The molecule has 5 aliphatic rings. The van der Waals surface area contributed by atoms with Gasteiger partial charge in [0.1, 0.15) is 6.61 Å². The second-order valence-electron chi connectivity index (χ2n) is 9.51. The van der Waals surface area contributed by atoms with Crippen LogP contribution in [-0.2, 0) is 16.2 Å². The van der Waals surface area contributed by atoms with Gasteiger partial charge in [-0.25, -0.2) is 0 Å². The molecule has 7 rings (SSSR count). The standard InChI is InChI=1S/C26H23N3O6/c1-34-22-10-15(4-9-21(22)35-13-14-2-5-16(6-3-14)29(32)33)12-27-28-25(30)23-17-7-8-18(20-11-19(17)20)24(23)26(28)31/h2-10,12,17-20,23-24H,11,13H2,1H3/b27-12-/t17-,18-,19-,20+,23-,24-/m1/s1. The molecule has 2 saturated carbocycles. The number of carbonyl (C=O) groups excluding carboxylic acids is 2. The van der Waals surface area contributed by atoms with E-state index in [0.29, 0.717) is 28.9 Å². The van der Waals surface area contributed by atoms with Gasteiger partial charge in [-0.2, -0.15) is 10.1 Å². The van der Waals surface area contributed by atoms with Crippen LogP contribution in [0, 0.1) is 45.6 Å². The predicted molar refractivity (Wildman–Crippen MR) is 125 cm³/mol. The Balaban J connectivity index is 1.15. The van der Waals surface area contributed by atoms with Crippen LogP contribution in [0.2, 0.25) is 0 Å². The first kappa shape index (κ1) is 21.5. The van der Waals surface area contributed by atoms with Crippen molar-refractivity contribution in [1.29, 1.82) is 0 Å². The number of rotatable bonds is 7. The van der Waals surface area contributed by atoms with E-state index in [9.17, 15) is 19.7 Å². The zero-order valence-corrected chi connectivity index (χ0v) is 18.9. The molecule has 1 saturated heterocycles. The molecule has 0 aromatic heterocycles. The van der Waals surface area contributed by atoms with Gasteiger partial charge in [-0.3, -0.25) is 19.7 Å². The Morgan fingerprint density at radius 2 is 1.69 bits per heavy atom. The lowest BCUT2D eigenvalue weighted by Gasteiger charge is -2.37. The summed E-state index contributed by atoms with van der Waals surface area (Å²) in [5.74, 6) is 1.44. The van der Waals surface area contributed by atoms with E-state index in [0.717, 1.165) is 17.0 Å². The van der Waals surface area contributed by atoms with Crippen LogP contribution in [0.1, 0.15) is 17.5 Å². The number of methoxy groups -OCH3 is 1. The lowest BCUT2D eigenvalue weighted by molar-refractivity contribution is -0.384. The highest BCUT2D eigenvalue weighted by molar-refractivity contribution is 6.06. The van der Waals surface area contributed by atoms with Gasteiger partial charge in [0.25, 0.3) is 17.5 Å². The number of hydrogen-bond donors (Lipinski definition) is 0. The van der Waals surface area contributed by atoms with Crippen molar-refractivity contribution in [2.24, 2.45) is 40.6 Å². The third kappa shape index (κ3) is 3.50. The Morgan fingerprint density at radius 3 is 2.29 bits per heavy atom. The van der Waals surface area contributed by atoms with Gasteiger partial charge >= 0.3 is 0 Å². The number of nitro groups is 1. The highest BCUT2D eigenvalue weighted by atomic mass is 16.6. The van der Waals surface area contributed by atoms with Crippen molar-refractivity contribution in [3.63, 3.8) is 0 Å². The monoisotopic (exact) mass is 473 g/mol. The summed E-state index contributed by atoms with van der Waals surface area (Å²) in [5.41, 5.74) is 1.45. The number of hydrazone groups is 1. The predicted octanol–water partition coefficient (Wildman–Crippen LogP) is 3.57. The van der Waals surface area contributed by atoms with Crippen LogP contribution >= 0.6 is 0 Å². The normalized spacial score (nSPS) is 29.9. The smallest absolute Gasteiger partial charge is 0.269 e. The van der Waals surface area contributed by atoms with Crippen LogP contribution in [0.5, 0.6) is 11.5 Å². The van der Waals surface area contributed by atoms with Gasteiger partial charge in [-0.15, -0.1) is 0 Å². The largest absolute Gasteiger partial charge is 0.493 e. The number of non-ortho nitro benzene ring substituents is 1. The van der Waals surface area contributed by atoms with E-state index in [1.54, 1.807) is 30.3 Å². The van der Waals surface area contributed by atoms with Gasteiger partial charge in [0.05, 0.1) is 30.1 Å². The molecule has 0 unspecified atom stereocenters. The Kier molecular flexibility index (Phi) is 4.94. The number of amides is 2. The van der Waals surface area contributed by atoms with E-state index < -0.39 is 4.92 Å². The van der Waals surface area contributed by atoms with Crippen LogP contribution in [0.4, 0.5) is 5.69 Å². The maximum Gasteiger partial charge on any atom is 0.269 e. The summed E-state index contributed by atoms with van der Waals surface area (Å²) in [5, 5.41) is 16.1. The van der Waals surface area contributed by atoms with E-state index in [4.69, 9.17) is 9.47 Å². The number of nitro benzene ring substituents is 1. The Labute approximate surface area is 201 Å². The molecule has 2 bridgehead atoms. The highest BCUT2D eigenvalue weighted by Gasteiger charge is 2.67. The van der Waals surface area contributed by atoms with Gasteiger partial charge in [-0.1, -0.05) is 12.2 Å². The second kappa shape index (κ2) is 8.04. The molecule has 0 spiro atoms. The first-order valence-corrected chi connectivity index (χ1v) is 11.6. The average molecular weight is 473 g/mol. The second-order valence-corrected chi connectivity index (χ2v) is 9.51. The molecule has 0 N–H and O–H groups in total. The Bertz CT molecular complexity index is 1250. The van der Waals surface area contributed by atoms with Gasteiger partial charge in [0, 0.05) is 12.1 Å². The molecular formula is C26H23N3O6.